The Morgan fingerprint density at radius 3 is 1.08 bits per heavy atom. The molecule has 0 atom stereocenters. The minimum Gasteiger partial charge on any atom is -0.393 e. The molecule has 0 aromatic carbocycles. The van der Waals surface area contributed by atoms with Gasteiger partial charge in [0, 0.05) is 35.2 Å². The molecule has 0 aromatic rings. The first-order valence-corrected chi connectivity index (χ1v) is 10.2. The molecule has 0 bridgehead atoms. The standard InChI is InChI=1S/C22H42N2O2/c1-19(2)13-17(25)14-20(3,4)23(19)11-9-10-12-24-21(5,6)15-18(26)16-22(24,7)8/h9-10,17-18,25-26H,11-16H2,1-8H3. The Hall–Kier alpha value is -0.420. The summed E-state index contributed by atoms with van der Waals surface area (Å²) < 4.78 is 0. The maximum Gasteiger partial charge on any atom is 0.0575 e. The molecule has 0 saturated carbocycles. The number of likely N-dealkylation sites (tertiary alicyclic amines) is 2. The third-order valence-electron chi connectivity index (χ3n) is 6.61. The molecular weight excluding hydrogens is 324 g/mol. The smallest absolute Gasteiger partial charge is 0.0575 e. The van der Waals surface area contributed by atoms with E-state index < -0.39 is 0 Å². The second kappa shape index (κ2) is 7.20. The van der Waals surface area contributed by atoms with Crippen LogP contribution in [0.5, 0.6) is 0 Å². The van der Waals surface area contributed by atoms with Crippen molar-refractivity contribution < 1.29 is 10.2 Å². The van der Waals surface area contributed by atoms with E-state index in [1.165, 1.54) is 0 Å². The number of hydrogen-bond donors (Lipinski definition) is 2. The van der Waals surface area contributed by atoms with E-state index in [2.05, 4.69) is 77.3 Å². The molecule has 2 aliphatic heterocycles. The molecule has 0 unspecified atom stereocenters. The summed E-state index contributed by atoms with van der Waals surface area (Å²) in [5.74, 6) is 0. The molecule has 2 N–H and O–H groups in total. The van der Waals surface area contributed by atoms with E-state index >= 15 is 0 Å². The van der Waals surface area contributed by atoms with E-state index in [0.717, 1.165) is 38.8 Å². The summed E-state index contributed by atoms with van der Waals surface area (Å²) in [5, 5.41) is 20.4. The number of aliphatic hydroxyl groups excluding tert-OH is 2. The molecule has 2 heterocycles. The van der Waals surface area contributed by atoms with Crippen LogP contribution in [0.4, 0.5) is 0 Å². The van der Waals surface area contributed by atoms with Crippen LogP contribution < -0.4 is 0 Å². The highest BCUT2D eigenvalue weighted by Gasteiger charge is 2.45. The monoisotopic (exact) mass is 366 g/mol. The van der Waals surface area contributed by atoms with Gasteiger partial charge in [-0.05, 0) is 81.1 Å². The van der Waals surface area contributed by atoms with E-state index in [1.54, 1.807) is 0 Å². The van der Waals surface area contributed by atoms with E-state index in [0.29, 0.717) is 0 Å². The first kappa shape index (κ1) is 21.9. The zero-order valence-corrected chi connectivity index (χ0v) is 18.3. The third-order valence-corrected chi connectivity index (χ3v) is 6.61. The van der Waals surface area contributed by atoms with Gasteiger partial charge in [-0.25, -0.2) is 0 Å². The van der Waals surface area contributed by atoms with Crippen LogP contribution in [0.15, 0.2) is 12.2 Å². The third kappa shape index (κ3) is 4.70. The lowest BCUT2D eigenvalue weighted by atomic mass is 9.78. The van der Waals surface area contributed by atoms with Crippen molar-refractivity contribution in [3.63, 3.8) is 0 Å². The van der Waals surface area contributed by atoms with Gasteiger partial charge >= 0.3 is 0 Å². The average Bonchev–Trinajstić information content (AvgIpc) is 2.35. The molecule has 0 radical (unpaired) electrons. The molecular formula is C22H42N2O2. The molecule has 0 amide bonds. The van der Waals surface area contributed by atoms with Crippen molar-refractivity contribution in [2.75, 3.05) is 13.1 Å². The lowest BCUT2D eigenvalue weighted by molar-refractivity contribution is -0.0762. The Bertz CT molecular complexity index is 440. The van der Waals surface area contributed by atoms with Gasteiger partial charge in [0.05, 0.1) is 12.2 Å². The SMILES string of the molecule is CC1(C)CC(O)CC(C)(C)N1CC=CCN1C(C)(C)CC(O)CC1(C)C. The predicted molar refractivity (Wildman–Crippen MR) is 109 cm³/mol. The fraction of sp³-hybridized carbons (Fsp3) is 0.909. The molecule has 2 saturated heterocycles. The molecule has 4 nitrogen and oxygen atoms in total. The minimum atomic E-state index is -0.207. The molecule has 26 heavy (non-hydrogen) atoms. The fourth-order valence-corrected chi connectivity index (χ4v) is 5.88. The Balaban J connectivity index is 2.04. The van der Waals surface area contributed by atoms with Crippen LogP contribution in [0, 0.1) is 0 Å². The normalized spacial score (nSPS) is 30.1. The van der Waals surface area contributed by atoms with Crippen LogP contribution in [0.25, 0.3) is 0 Å². The van der Waals surface area contributed by atoms with Crippen LogP contribution in [0.1, 0.15) is 81.1 Å². The maximum absolute atomic E-state index is 10.2. The van der Waals surface area contributed by atoms with E-state index in [4.69, 9.17) is 0 Å². The number of hydrogen-bond acceptors (Lipinski definition) is 4. The summed E-state index contributed by atoms with van der Waals surface area (Å²) in [5.41, 5.74) is -0.00285. The maximum atomic E-state index is 10.2. The molecule has 0 aliphatic carbocycles. The van der Waals surface area contributed by atoms with Crippen molar-refractivity contribution in [1.82, 2.24) is 9.80 Å². The Labute approximate surface area is 161 Å². The van der Waals surface area contributed by atoms with Crippen LogP contribution >= 0.6 is 0 Å². The van der Waals surface area contributed by atoms with Gasteiger partial charge in [-0.2, -0.15) is 0 Å². The summed E-state index contributed by atoms with van der Waals surface area (Å²) in [7, 11) is 0. The Morgan fingerprint density at radius 2 is 0.846 bits per heavy atom. The summed E-state index contributed by atoms with van der Waals surface area (Å²) in [6.07, 6.45) is 7.48. The average molecular weight is 367 g/mol. The van der Waals surface area contributed by atoms with E-state index in [1.807, 2.05) is 0 Å². The summed E-state index contributed by atoms with van der Waals surface area (Å²) in [6.45, 7) is 19.7. The number of rotatable bonds is 4. The van der Waals surface area contributed by atoms with Crippen molar-refractivity contribution in [3.8, 4) is 0 Å². The molecule has 2 aliphatic rings. The second-order valence-corrected chi connectivity index (χ2v) is 11.1. The van der Waals surface area contributed by atoms with Gasteiger partial charge in [0.25, 0.3) is 0 Å². The molecule has 4 heteroatoms. The topological polar surface area (TPSA) is 46.9 Å². The molecule has 0 aromatic heterocycles. The minimum absolute atomic E-state index is 0.000712. The van der Waals surface area contributed by atoms with Gasteiger partial charge in [0.1, 0.15) is 0 Å². The van der Waals surface area contributed by atoms with Gasteiger partial charge in [-0.3, -0.25) is 9.80 Å². The van der Waals surface area contributed by atoms with Gasteiger partial charge in [-0.1, -0.05) is 12.2 Å². The first-order chi connectivity index (χ1) is 11.7. The van der Waals surface area contributed by atoms with Crippen molar-refractivity contribution in [3.05, 3.63) is 12.2 Å². The van der Waals surface area contributed by atoms with Crippen molar-refractivity contribution in [2.45, 2.75) is 115 Å². The van der Waals surface area contributed by atoms with Gasteiger partial charge in [0.15, 0.2) is 0 Å². The lowest BCUT2D eigenvalue weighted by Crippen LogP contribution is -2.62. The lowest BCUT2D eigenvalue weighted by Gasteiger charge is -2.54. The number of aliphatic hydroxyl groups is 2. The Morgan fingerprint density at radius 1 is 0.615 bits per heavy atom. The zero-order chi connectivity index (χ0) is 20.0. The highest BCUT2D eigenvalue weighted by Crippen LogP contribution is 2.39. The van der Waals surface area contributed by atoms with Crippen LogP contribution in [0.2, 0.25) is 0 Å². The molecule has 2 fully saturated rings. The van der Waals surface area contributed by atoms with Crippen molar-refractivity contribution in [1.29, 1.82) is 0 Å². The van der Waals surface area contributed by atoms with E-state index in [-0.39, 0.29) is 34.4 Å². The predicted octanol–water partition coefficient (Wildman–Crippen LogP) is 3.57. The van der Waals surface area contributed by atoms with Crippen LogP contribution in [-0.2, 0) is 0 Å². The fourth-order valence-electron chi connectivity index (χ4n) is 5.88. The van der Waals surface area contributed by atoms with E-state index in [9.17, 15) is 10.2 Å². The summed E-state index contributed by atoms with van der Waals surface area (Å²) in [4.78, 5) is 5.05. The largest absolute Gasteiger partial charge is 0.393 e. The zero-order valence-electron chi connectivity index (χ0n) is 18.3. The first-order valence-electron chi connectivity index (χ1n) is 10.2. The molecule has 0 spiro atoms. The van der Waals surface area contributed by atoms with Gasteiger partial charge in [-0.15, -0.1) is 0 Å². The second-order valence-electron chi connectivity index (χ2n) is 11.1. The number of piperidine rings is 2. The highest BCUT2D eigenvalue weighted by atomic mass is 16.3. The highest BCUT2D eigenvalue weighted by molar-refractivity contribution is 5.06. The molecule has 2 rings (SSSR count). The molecule has 152 valence electrons. The van der Waals surface area contributed by atoms with Crippen LogP contribution in [-0.4, -0.2) is 67.5 Å². The van der Waals surface area contributed by atoms with Gasteiger partial charge < -0.3 is 10.2 Å². The number of nitrogens with zero attached hydrogens (tertiary/aromatic N) is 2. The van der Waals surface area contributed by atoms with Crippen molar-refractivity contribution in [2.24, 2.45) is 0 Å². The quantitative estimate of drug-likeness (QED) is 0.747. The van der Waals surface area contributed by atoms with Crippen LogP contribution in [0.3, 0.4) is 0 Å². The summed E-state index contributed by atoms with van der Waals surface area (Å²) >= 11 is 0. The van der Waals surface area contributed by atoms with Crippen molar-refractivity contribution >= 4 is 0 Å². The van der Waals surface area contributed by atoms with Gasteiger partial charge in [0.2, 0.25) is 0 Å². The summed E-state index contributed by atoms with van der Waals surface area (Å²) in [6, 6.07) is 0. The Kier molecular flexibility index (Phi) is 6.05.